The first-order valence-electron chi connectivity index (χ1n) is 5.60. The summed E-state index contributed by atoms with van der Waals surface area (Å²) in [7, 11) is 0. The summed E-state index contributed by atoms with van der Waals surface area (Å²) in [6.45, 7) is 5.74. The van der Waals surface area contributed by atoms with Crippen molar-refractivity contribution in [2.45, 2.75) is 71.4 Å². The maximum absolute atomic E-state index is 9.37. The largest absolute Gasteiger partial charge is 0.343 e. The summed E-state index contributed by atoms with van der Waals surface area (Å²) >= 11 is 0. The SMILES string of the molecule is CCCCCCCC(O)(O)OC(C)C.[Ti]. The van der Waals surface area contributed by atoms with E-state index >= 15 is 0 Å². The molecule has 0 radical (unpaired) electrons. The smallest absolute Gasteiger partial charge is 0.278 e. The van der Waals surface area contributed by atoms with Crippen LogP contribution in [0.2, 0.25) is 0 Å². The van der Waals surface area contributed by atoms with Gasteiger partial charge in [-0.25, -0.2) is 0 Å². The molecule has 0 amide bonds. The normalized spacial score (nSPS) is 11.6. The summed E-state index contributed by atoms with van der Waals surface area (Å²) in [5.41, 5.74) is 0. The average molecular weight is 252 g/mol. The van der Waals surface area contributed by atoms with E-state index in [2.05, 4.69) is 6.92 Å². The Balaban J connectivity index is 0. The van der Waals surface area contributed by atoms with Gasteiger partial charge in [0.05, 0.1) is 6.10 Å². The Hall–Kier alpha value is 0.594. The molecule has 0 bridgehead atoms. The molecule has 15 heavy (non-hydrogen) atoms. The van der Waals surface area contributed by atoms with Crippen LogP contribution in [0, 0.1) is 0 Å². The minimum Gasteiger partial charge on any atom is -0.343 e. The first-order chi connectivity index (χ1) is 6.48. The van der Waals surface area contributed by atoms with Gasteiger partial charge in [0, 0.05) is 28.1 Å². The van der Waals surface area contributed by atoms with Gasteiger partial charge in [0.25, 0.3) is 5.97 Å². The summed E-state index contributed by atoms with van der Waals surface area (Å²) in [6, 6.07) is 0. The second kappa shape index (κ2) is 9.79. The van der Waals surface area contributed by atoms with Crippen molar-refractivity contribution in [1.82, 2.24) is 0 Å². The Morgan fingerprint density at radius 1 is 1.07 bits per heavy atom. The fraction of sp³-hybridized carbons (Fsp3) is 1.00. The molecule has 4 heteroatoms. The van der Waals surface area contributed by atoms with Gasteiger partial charge in [0.15, 0.2) is 0 Å². The van der Waals surface area contributed by atoms with Crippen LogP contribution in [-0.2, 0) is 26.5 Å². The molecule has 0 saturated heterocycles. The molecular formula is C11H24O3Ti. The quantitative estimate of drug-likeness (QED) is 0.396. The van der Waals surface area contributed by atoms with Crippen molar-refractivity contribution in [3.05, 3.63) is 0 Å². The molecule has 0 aromatic carbocycles. The van der Waals surface area contributed by atoms with Gasteiger partial charge in [-0.1, -0.05) is 32.6 Å². The summed E-state index contributed by atoms with van der Waals surface area (Å²) in [5.74, 6) is -1.93. The van der Waals surface area contributed by atoms with Gasteiger partial charge in [-0.3, -0.25) is 0 Å². The Morgan fingerprint density at radius 2 is 1.60 bits per heavy atom. The minimum absolute atomic E-state index is 0. The van der Waals surface area contributed by atoms with Crippen LogP contribution in [0.5, 0.6) is 0 Å². The summed E-state index contributed by atoms with van der Waals surface area (Å²) in [5, 5.41) is 18.7. The second-order valence-electron chi connectivity index (χ2n) is 4.07. The third-order valence-corrected chi connectivity index (χ3v) is 2.03. The maximum Gasteiger partial charge on any atom is 0.278 e. The van der Waals surface area contributed by atoms with Crippen molar-refractivity contribution >= 4 is 0 Å². The average Bonchev–Trinajstić information content (AvgIpc) is 2.01. The molecule has 2 N–H and O–H groups in total. The predicted molar refractivity (Wildman–Crippen MR) is 56.8 cm³/mol. The molecule has 3 nitrogen and oxygen atoms in total. The van der Waals surface area contributed by atoms with Crippen molar-refractivity contribution in [2.24, 2.45) is 0 Å². The molecule has 0 spiro atoms. The molecule has 0 heterocycles. The molecule has 0 aliphatic carbocycles. The molecule has 0 rings (SSSR count). The fourth-order valence-corrected chi connectivity index (χ4v) is 1.40. The van der Waals surface area contributed by atoms with E-state index in [1.54, 1.807) is 13.8 Å². The second-order valence-corrected chi connectivity index (χ2v) is 4.07. The van der Waals surface area contributed by atoms with E-state index < -0.39 is 5.97 Å². The summed E-state index contributed by atoms with van der Waals surface area (Å²) in [4.78, 5) is 0. The number of hydrogen-bond donors (Lipinski definition) is 2. The third kappa shape index (κ3) is 12.5. The van der Waals surface area contributed by atoms with Crippen LogP contribution in [0.25, 0.3) is 0 Å². The standard InChI is InChI=1S/C11H24O3.Ti/c1-4-5-6-7-8-9-11(12,13)14-10(2)3;/h10,12-13H,4-9H2,1-3H3;. The number of ether oxygens (including phenoxy) is 1. The van der Waals surface area contributed by atoms with Crippen molar-refractivity contribution in [1.29, 1.82) is 0 Å². The third-order valence-electron chi connectivity index (χ3n) is 2.03. The minimum atomic E-state index is -1.93. The van der Waals surface area contributed by atoms with E-state index in [9.17, 15) is 10.2 Å². The van der Waals surface area contributed by atoms with E-state index in [-0.39, 0.29) is 27.8 Å². The zero-order valence-corrected chi connectivity index (χ0v) is 11.7. The van der Waals surface area contributed by atoms with Gasteiger partial charge >= 0.3 is 0 Å². The molecule has 0 unspecified atom stereocenters. The number of rotatable bonds is 8. The molecule has 0 aromatic rings. The predicted octanol–water partition coefficient (Wildman–Crippen LogP) is 2.41. The summed E-state index contributed by atoms with van der Waals surface area (Å²) < 4.78 is 4.96. The Kier molecular flexibility index (Phi) is 11.7. The van der Waals surface area contributed by atoms with Crippen molar-refractivity contribution in [3.63, 3.8) is 0 Å². The van der Waals surface area contributed by atoms with Gasteiger partial charge in [-0.2, -0.15) is 0 Å². The molecular weight excluding hydrogens is 228 g/mol. The van der Waals surface area contributed by atoms with Crippen LogP contribution in [-0.4, -0.2) is 22.3 Å². The Labute approximate surface area is 108 Å². The number of aliphatic hydroxyl groups is 2. The van der Waals surface area contributed by atoms with E-state index in [4.69, 9.17) is 4.74 Å². The van der Waals surface area contributed by atoms with Crippen LogP contribution in [0.3, 0.4) is 0 Å². The van der Waals surface area contributed by atoms with Crippen LogP contribution >= 0.6 is 0 Å². The summed E-state index contributed by atoms with van der Waals surface area (Å²) in [6.07, 6.45) is 5.57. The van der Waals surface area contributed by atoms with Crippen LogP contribution in [0.15, 0.2) is 0 Å². The first kappa shape index (κ1) is 18.0. The van der Waals surface area contributed by atoms with E-state index in [1.165, 1.54) is 12.8 Å². The molecule has 90 valence electrons. The van der Waals surface area contributed by atoms with Crippen LogP contribution < -0.4 is 0 Å². The van der Waals surface area contributed by atoms with Gasteiger partial charge in [-0.05, 0) is 20.3 Å². The first-order valence-corrected chi connectivity index (χ1v) is 5.60. The maximum atomic E-state index is 9.37. The zero-order chi connectivity index (χ0) is 11.0. The molecule has 0 aliphatic heterocycles. The van der Waals surface area contributed by atoms with Gasteiger partial charge in [0.2, 0.25) is 0 Å². The van der Waals surface area contributed by atoms with Gasteiger partial charge in [0.1, 0.15) is 0 Å². The van der Waals surface area contributed by atoms with Crippen molar-refractivity contribution < 1.29 is 36.7 Å². The van der Waals surface area contributed by atoms with Gasteiger partial charge in [-0.15, -0.1) is 0 Å². The number of hydrogen-bond acceptors (Lipinski definition) is 3. The van der Waals surface area contributed by atoms with Crippen molar-refractivity contribution in [2.75, 3.05) is 0 Å². The molecule has 0 aromatic heterocycles. The molecule has 0 aliphatic rings. The van der Waals surface area contributed by atoms with E-state index in [0.717, 1.165) is 19.3 Å². The van der Waals surface area contributed by atoms with Crippen LogP contribution in [0.4, 0.5) is 0 Å². The zero-order valence-electron chi connectivity index (χ0n) is 10.1. The topological polar surface area (TPSA) is 49.7 Å². The Morgan fingerprint density at radius 3 is 2.07 bits per heavy atom. The van der Waals surface area contributed by atoms with Crippen molar-refractivity contribution in [3.8, 4) is 0 Å². The molecule has 0 fully saturated rings. The van der Waals surface area contributed by atoms with Crippen LogP contribution in [0.1, 0.15) is 59.3 Å². The van der Waals surface area contributed by atoms with Gasteiger partial charge < -0.3 is 14.9 Å². The fourth-order valence-electron chi connectivity index (χ4n) is 1.40. The van der Waals surface area contributed by atoms with E-state index in [1.807, 2.05) is 0 Å². The Bertz CT molecular complexity index is 138. The number of unbranched alkanes of at least 4 members (excludes halogenated alkanes) is 4. The monoisotopic (exact) mass is 252 g/mol. The molecule has 0 atom stereocenters. The van der Waals surface area contributed by atoms with E-state index in [0.29, 0.717) is 6.42 Å². The molecule has 0 saturated carbocycles.